The van der Waals surface area contributed by atoms with Crippen LogP contribution in [0.25, 0.3) is 0 Å². The highest BCUT2D eigenvalue weighted by atomic mass is 32.2. The largest absolute Gasteiger partial charge is 0.481 e. The van der Waals surface area contributed by atoms with Crippen LogP contribution in [0.2, 0.25) is 0 Å². The highest BCUT2D eigenvalue weighted by molar-refractivity contribution is 7.93. The Balaban J connectivity index is 1.74. The van der Waals surface area contributed by atoms with Crippen molar-refractivity contribution in [2.45, 2.75) is 79.1 Å². The zero-order valence-electron chi connectivity index (χ0n) is 20.5. The van der Waals surface area contributed by atoms with Gasteiger partial charge in [0.25, 0.3) is 0 Å². The summed E-state index contributed by atoms with van der Waals surface area (Å²) in [5, 5.41) is 18.4. The van der Waals surface area contributed by atoms with Crippen molar-refractivity contribution in [1.82, 2.24) is 0 Å². The first-order valence-electron chi connectivity index (χ1n) is 11.7. The van der Waals surface area contributed by atoms with Gasteiger partial charge in [0.1, 0.15) is 0 Å². The Kier molecular flexibility index (Phi) is 10.0. The monoisotopic (exact) mass is 508 g/mol. The molecule has 2 aliphatic heterocycles. The maximum atomic E-state index is 12.7. The molecule has 6 nitrogen and oxygen atoms in total. The van der Waals surface area contributed by atoms with Gasteiger partial charge >= 0.3 is 11.9 Å². The van der Waals surface area contributed by atoms with Gasteiger partial charge in [-0.2, -0.15) is 0 Å². The van der Waals surface area contributed by atoms with Gasteiger partial charge in [0.2, 0.25) is 0 Å². The topological polar surface area (TPSA) is 109 Å². The SMILES string of the molecule is CC(C)(CCCCC1=CC=C(/C=C\C2=CC=C(CCCCC(C)(C)C(=O)O)S2=O)S1=O)C(=O)O. The zero-order chi connectivity index (χ0) is 25.5. The molecule has 0 radical (unpaired) electrons. The highest BCUT2D eigenvalue weighted by Crippen LogP contribution is 2.31. The molecule has 34 heavy (non-hydrogen) atoms. The van der Waals surface area contributed by atoms with Crippen molar-refractivity contribution in [3.8, 4) is 0 Å². The Hall–Kier alpha value is -2.06. The van der Waals surface area contributed by atoms with E-state index in [4.69, 9.17) is 0 Å². The van der Waals surface area contributed by atoms with Gasteiger partial charge in [0, 0.05) is 19.6 Å². The van der Waals surface area contributed by atoms with E-state index >= 15 is 0 Å². The predicted molar refractivity (Wildman–Crippen MR) is 138 cm³/mol. The fourth-order valence-electron chi connectivity index (χ4n) is 3.60. The molecule has 0 amide bonds. The third kappa shape index (κ3) is 7.73. The van der Waals surface area contributed by atoms with E-state index in [1.807, 2.05) is 24.3 Å². The molecule has 0 aromatic rings. The van der Waals surface area contributed by atoms with Gasteiger partial charge in [-0.05, 0) is 103 Å². The summed E-state index contributed by atoms with van der Waals surface area (Å²) in [6.45, 7) is 6.87. The first-order chi connectivity index (χ1) is 15.8. The summed E-state index contributed by atoms with van der Waals surface area (Å²) in [6.07, 6.45) is 16.4. The van der Waals surface area contributed by atoms with Gasteiger partial charge in [-0.25, -0.2) is 8.42 Å². The molecule has 2 heterocycles. The number of rotatable bonds is 14. The van der Waals surface area contributed by atoms with Crippen LogP contribution in [0.15, 0.2) is 56.1 Å². The number of carbonyl (C=O) groups is 2. The van der Waals surface area contributed by atoms with Gasteiger partial charge in [0.15, 0.2) is 0 Å². The first-order valence-corrected chi connectivity index (χ1v) is 14.0. The number of unbranched alkanes of at least 4 members (excludes halogenated alkanes) is 2. The van der Waals surface area contributed by atoms with E-state index in [2.05, 4.69) is 0 Å². The summed E-state index contributed by atoms with van der Waals surface area (Å²) in [4.78, 5) is 25.4. The van der Waals surface area contributed by atoms with Crippen molar-refractivity contribution in [3.05, 3.63) is 56.1 Å². The van der Waals surface area contributed by atoms with E-state index < -0.39 is 44.4 Å². The average molecular weight is 509 g/mol. The summed E-state index contributed by atoms with van der Waals surface area (Å²) < 4.78 is 25.5. The third-order valence-corrected chi connectivity index (χ3v) is 9.32. The van der Waals surface area contributed by atoms with Crippen molar-refractivity contribution < 1.29 is 28.2 Å². The molecule has 2 atom stereocenters. The minimum absolute atomic E-state index is 0.578. The minimum atomic E-state index is -1.24. The van der Waals surface area contributed by atoms with E-state index in [-0.39, 0.29) is 0 Å². The van der Waals surface area contributed by atoms with E-state index in [0.29, 0.717) is 35.5 Å². The molecule has 0 aromatic carbocycles. The number of carboxylic acids is 2. The van der Waals surface area contributed by atoms with Gasteiger partial charge in [-0.3, -0.25) is 9.59 Å². The molecule has 188 valence electrons. The standard InChI is InChI=1S/C26H36O6S2/c1-25(2,23(27)28)17-7-5-9-19-11-13-21(33(19)31)15-16-22-14-12-20(34(22)32)10-6-8-18-26(3,4)24(29)30/h11-16H,5-10,17-18H2,1-4H3,(H,27,28)(H,29,30)/b16-15-. The number of allylic oxidation sites excluding steroid dienone is 8. The van der Waals surface area contributed by atoms with Crippen LogP contribution in [0.1, 0.15) is 79.1 Å². The molecule has 0 aromatic heterocycles. The van der Waals surface area contributed by atoms with Crippen LogP contribution >= 0.6 is 0 Å². The minimum Gasteiger partial charge on any atom is -0.481 e. The van der Waals surface area contributed by atoms with Crippen LogP contribution in [-0.4, -0.2) is 30.6 Å². The van der Waals surface area contributed by atoms with E-state index in [9.17, 15) is 28.2 Å². The lowest BCUT2D eigenvalue weighted by molar-refractivity contribution is -0.148. The number of hydrogen-bond acceptors (Lipinski definition) is 4. The van der Waals surface area contributed by atoms with Gasteiger partial charge in [-0.15, -0.1) is 0 Å². The molecule has 0 fully saturated rings. The maximum Gasteiger partial charge on any atom is 0.309 e. The van der Waals surface area contributed by atoms with Crippen molar-refractivity contribution in [2.24, 2.45) is 10.8 Å². The number of carboxylic acid groups (broad SMARTS) is 2. The van der Waals surface area contributed by atoms with Gasteiger partial charge in [0.05, 0.1) is 32.4 Å². The zero-order valence-corrected chi connectivity index (χ0v) is 22.1. The Morgan fingerprint density at radius 1 is 0.706 bits per heavy atom. The Labute approximate surface area is 207 Å². The second-order valence-electron chi connectivity index (χ2n) is 10.1. The van der Waals surface area contributed by atoms with Crippen molar-refractivity contribution in [3.63, 3.8) is 0 Å². The second kappa shape index (κ2) is 12.1. The highest BCUT2D eigenvalue weighted by Gasteiger charge is 2.27. The molecule has 2 rings (SSSR count). The van der Waals surface area contributed by atoms with Crippen molar-refractivity contribution >= 4 is 33.5 Å². The molecule has 8 heteroatoms. The molecule has 0 saturated heterocycles. The third-order valence-electron chi connectivity index (χ3n) is 6.29. The molecule has 2 unspecified atom stereocenters. The Morgan fingerprint density at radius 3 is 1.38 bits per heavy atom. The van der Waals surface area contributed by atoms with Crippen molar-refractivity contribution in [2.75, 3.05) is 0 Å². The molecule has 2 N–H and O–H groups in total. The van der Waals surface area contributed by atoms with Crippen LogP contribution in [0, 0.1) is 10.8 Å². The van der Waals surface area contributed by atoms with Crippen molar-refractivity contribution in [1.29, 1.82) is 0 Å². The summed E-state index contributed by atoms with van der Waals surface area (Å²) in [5.74, 6) is -1.60. The summed E-state index contributed by atoms with van der Waals surface area (Å²) >= 11 is 0. The first kappa shape index (κ1) is 28.2. The van der Waals surface area contributed by atoms with Crippen LogP contribution in [-0.2, 0) is 31.2 Å². The molecule has 0 aliphatic carbocycles. The lowest BCUT2D eigenvalue weighted by atomic mass is 9.87. The predicted octanol–water partition coefficient (Wildman–Crippen LogP) is 5.95. The lowest BCUT2D eigenvalue weighted by Gasteiger charge is -2.18. The van der Waals surface area contributed by atoms with Crippen LogP contribution in [0.4, 0.5) is 0 Å². The molecule has 0 spiro atoms. The smallest absolute Gasteiger partial charge is 0.309 e. The van der Waals surface area contributed by atoms with Gasteiger partial charge < -0.3 is 10.2 Å². The summed E-state index contributed by atoms with van der Waals surface area (Å²) in [7, 11) is -2.48. The lowest BCUT2D eigenvalue weighted by Crippen LogP contribution is -2.23. The van der Waals surface area contributed by atoms with E-state index in [0.717, 1.165) is 35.5 Å². The molecule has 0 saturated carbocycles. The Morgan fingerprint density at radius 2 is 1.06 bits per heavy atom. The fraction of sp³-hybridized carbons (Fsp3) is 0.538. The second-order valence-corrected chi connectivity index (χ2v) is 13.1. The average Bonchev–Trinajstić information content (AvgIpc) is 3.29. The van der Waals surface area contributed by atoms with Crippen LogP contribution in [0.5, 0.6) is 0 Å². The normalized spacial score (nSPS) is 20.8. The number of aliphatic carboxylic acids is 2. The maximum absolute atomic E-state index is 12.7. The summed E-state index contributed by atoms with van der Waals surface area (Å²) in [5.41, 5.74) is -1.50. The van der Waals surface area contributed by atoms with Crippen LogP contribution in [0.3, 0.4) is 0 Å². The fourth-order valence-corrected chi connectivity index (χ4v) is 6.01. The quantitative estimate of drug-likeness (QED) is 0.281. The molecule has 0 bridgehead atoms. The number of hydrogen-bond donors (Lipinski definition) is 2. The molecular weight excluding hydrogens is 472 g/mol. The van der Waals surface area contributed by atoms with E-state index in [1.54, 1.807) is 39.8 Å². The van der Waals surface area contributed by atoms with Crippen LogP contribution < -0.4 is 0 Å². The van der Waals surface area contributed by atoms with E-state index in [1.165, 1.54) is 0 Å². The Bertz CT molecular complexity index is 928. The van der Waals surface area contributed by atoms with Gasteiger partial charge in [-0.1, -0.05) is 12.8 Å². The molecule has 2 aliphatic rings. The summed E-state index contributed by atoms with van der Waals surface area (Å²) in [6, 6.07) is 0. The molecular formula is C26H36O6S2.